The minimum atomic E-state index is -0.340. The fourth-order valence-electron chi connectivity index (χ4n) is 1.83. The highest BCUT2D eigenvalue weighted by molar-refractivity contribution is 6.32. The summed E-state index contributed by atoms with van der Waals surface area (Å²) in [4.78, 5) is 23.2. The summed E-state index contributed by atoms with van der Waals surface area (Å²) in [6, 6.07) is 13.2. The summed E-state index contributed by atoms with van der Waals surface area (Å²) in [7, 11) is 0. The number of amides is 2. The predicted octanol–water partition coefficient (Wildman–Crippen LogP) is 3.42. The molecule has 0 atom stereocenters. The number of nitriles is 1. The van der Waals surface area contributed by atoms with E-state index in [4.69, 9.17) is 16.9 Å². The summed E-state index contributed by atoms with van der Waals surface area (Å²) >= 11 is 5.92. The van der Waals surface area contributed by atoms with Crippen LogP contribution < -0.4 is 10.6 Å². The monoisotopic (exact) mass is 313 g/mol. The van der Waals surface area contributed by atoms with Crippen molar-refractivity contribution >= 4 is 34.8 Å². The molecule has 0 aromatic heterocycles. The van der Waals surface area contributed by atoms with Crippen molar-refractivity contribution < 1.29 is 9.59 Å². The quantitative estimate of drug-likeness (QED) is 0.910. The molecule has 2 rings (SSSR count). The number of carbonyl (C=O) groups is 2. The van der Waals surface area contributed by atoms with Crippen LogP contribution in [0.4, 0.5) is 11.4 Å². The van der Waals surface area contributed by atoms with Crippen LogP contribution in [0, 0.1) is 11.3 Å². The maximum absolute atomic E-state index is 12.2. The number of nitrogens with zero attached hydrogens (tertiary/aromatic N) is 1. The van der Waals surface area contributed by atoms with Crippen molar-refractivity contribution in [1.29, 1.82) is 5.26 Å². The van der Waals surface area contributed by atoms with E-state index in [1.54, 1.807) is 30.3 Å². The molecule has 2 N–H and O–H groups in total. The van der Waals surface area contributed by atoms with Gasteiger partial charge in [0.05, 0.1) is 10.6 Å². The lowest BCUT2D eigenvalue weighted by molar-refractivity contribution is -0.114. The van der Waals surface area contributed by atoms with Crippen LogP contribution in [0.25, 0.3) is 0 Å². The van der Waals surface area contributed by atoms with Gasteiger partial charge < -0.3 is 10.6 Å². The minimum absolute atomic E-state index is 0.212. The Balaban J connectivity index is 2.17. The van der Waals surface area contributed by atoms with Crippen LogP contribution in [0.5, 0.6) is 0 Å². The Labute approximate surface area is 132 Å². The molecule has 0 unspecified atom stereocenters. The number of benzene rings is 2. The van der Waals surface area contributed by atoms with Crippen LogP contribution >= 0.6 is 11.6 Å². The average Bonchev–Trinajstić information content (AvgIpc) is 2.47. The van der Waals surface area contributed by atoms with Gasteiger partial charge in [-0.05, 0) is 36.4 Å². The number of rotatable bonds is 3. The maximum atomic E-state index is 12.2. The van der Waals surface area contributed by atoms with E-state index in [1.807, 2.05) is 6.07 Å². The van der Waals surface area contributed by atoms with Crippen LogP contribution in [0.15, 0.2) is 42.5 Å². The third-order valence-corrected chi connectivity index (χ3v) is 3.11. The molecule has 0 saturated heterocycles. The van der Waals surface area contributed by atoms with E-state index in [0.717, 1.165) is 0 Å². The van der Waals surface area contributed by atoms with E-state index < -0.39 is 0 Å². The third kappa shape index (κ3) is 3.84. The van der Waals surface area contributed by atoms with Gasteiger partial charge in [0.1, 0.15) is 6.07 Å². The van der Waals surface area contributed by atoms with Gasteiger partial charge in [-0.15, -0.1) is 0 Å². The lowest BCUT2D eigenvalue weighted by atomic mass is 10.1. The molecule has 0 radical (unpaired) electrons. The van der Waals surface area contributed by atoms with Crippen molar-refractivity contribution in [2.45, 2.75) is 6.92 Å². The predicted molar refractivity (Wildman–Crippen MR) is 84.9 cm³/mol. The van der Waals surface area contributed by atoms with E-state index in [2.05, 4.69) is 10.6 Å². The van der Waals surface area contributed by atoms with E-state index >= 15 is 0 Å². The fraction of sp³-hybridized carbons (Fsp3) is 0.0625. The molecule has 0 aliphatic carbocycles. The fourth-order valence-corrected chi connectivity index (χ4v) is 2.05. The summed E-state index contributed by atoms with van der Waals surface area (Å²) in [5.74, 6) is -0.551. The second-order valence-electron chi connectivity index (χ2n) is 4.52. The molecule has 0 fully saturated rings. The number of anilines is 2. The van der Waals surface area contributed by atoms with Crippen molar-refractivity contribution in [3.05, 3.63) is 58.6 Å². The first-order valence-corrected chi connectivity index (χ1v) is 6.76. The second kappa shape index (κ2) is 6.74. The van der Waals surface area contributed by atoms with Crippen LogP contribution in [-0.4, -0.2) is 11.8 Å². The van der Waals surface area contributed by atoms with Crippen LogP contribution in [0.2, 0.25) is 5.02 Å². The first-order valence-electron chi connectivity index (χ1n) is 6.38. The van der Waals surface area contributed by atoms with Gasteiger partial charge in [0.2, 0.25) is 5.91 Å². The average molecular weight is 314 g/mol. The molecule has 0 bridgehead atoms. The summed E-state index contributed by atoms with van der Waals surface area (Å²) in [6.07, 6.45) is 0. The minimum Gasteiger partial charge on any atom is -0.326 e. The summed E-state index contributed by atoms with van der Waals surface area (Å²) in [5.41, 5.74) is 1.76. The first kappa shape index (κ1) is 15.5. The van der Waals surface area contributed by atoms with Gasteiger partial charge in [-0.25, -0.2) is 0 Å². The zero-order valence-corrected chi connectivity index (χ0v) is 12.4. The summed E-state index contributed by atoms with van der Waals surface area (Å²) in [6.45, 7) is 1.39. The number of hydrogen-bond acceptors (Lipinski definition) is 3. The topological polar surface area (TPSA) is 82.0 Å². The Bertz CT molecular complexity index is 781. The maximum Gasteiger partial charge on any atom is 0.255 e. The van der Waals surface area contributed by atoms with E-state index in [-0.39, 0.29) is 16.8 Å². The van der Waals surface area contributed by atoms with Gasteiger partial charge >= 0.3 is 0 Å². The van der Waals surface area contributed by atoms with Gasteiger partial charge in [-0.3, -0.25) is 9.59 Å². The molecular formula is C16H12ClN3O2. The highest BCUT2D eigenvalue weighted by Gasteiger charge is 2.09. The Morgan fingerprint density at radius 2 is 1.82 bits per heavy atom. The standard InChI is InChI=1S/C16H12ClN3O2/c1-10(21)19-13-4-2-3-11(7-13)16(22)20-14-6-5-12(9-18)15(17)8-14/h2-8H,1H3,(H,19,21)(H,20,22). The Morgan fingerprint density at radius 3 is 2.45 bits per heavy atom. The molecule has 0 saturated carbocycles. The number of halogens is 1. The molecular weight excluding hydrogens is 302 g/mol. The van der Waals surface area contributed by atoms with Gasteiger partial charge in [0, 0.05) is 23.9 Å². The van der Waals surface area contributed by atoms with E-state index in [1.165, 1.54) is 19.1 Å². The van der Waals surface area contributed by atoms with Gasteiger partial charge in [-0.2, -0.15) is 5.26 Å². The van der Waals surface area contributed by atoms with Crippen LogP contribution in [0.1, 0.15) is 22.8 Å². The lowest BCUT2D eigenvalue weighted by Crippen LogP contribution is -2.13. The van der Waals surface area contributed by atoms with Crippen molar-refractivity contribution in [2.24, 2.45) is 0 Å². The first-order chi connectivity index (χ1) is 10.5. The molecule has 6 heteroatoms. The summed E-state index contributed by atoms with van der Waals surface area (Å²) < 4.78 is 0. The highest BCUT2D eigenvalue weighted by Crippen LogP contribution is 2.21. The molecule has 0 aliphatic heterocycles. The lowest BCUT2D eigenvalue weighted by Gasteiger charge is -2.08. The zero-order chi connectivity index (χ0) is 16.1. The third-order valence-electron chi connectivity index (χ3n) is 2.79. The number of carbonyl (C=O) groups excluding carboxylic acids is 2. The largest absolute Gasteiger partial charge is 0.326 e. The smallest absolute Gasteiger partial charge is 0.255 e. The molecule has 22 heavy (non-hydrogen) atoms. The van der Waals surface area contributed by atoms with Crippen LogP contribution in [-0.2, 0) is 4.79 Å². The molecule has 2 amide bonds. The van der Waals surface area contributed by atoms with E-state index in [0.29, 0.717) is 22.5 Å². The Morgan fingerprint density at radius 1 is 1.09 bits per heavy atom. The molecule has 0 heterocycles. The molecule has 5 nitrogen and oxygen atoms in total. The molecule has 110 valence electrons. The van der Waals surface area contributed by atoms with Crippen molar-refractivity contribution in [1.82, 2.24) is 0 Å². The molecule has 0 spiro atoms. The zero-order valence-electron chi connectivity index (χ0n) is 11.7. The molecule has 0 aliphatic rings. The van der Waals surface area contributed by atoms with Gasteiger partial charge in [0.15, 0.2) is 0 Å². The van der Waals surface area contributed by atoms with Crippen LogP contribution in [0.3, 0.4) is 0 Å². The van der Waals surface area contributed by atoms with Crippen molar-refractivity contribution in [2.75, 3.05) is 10.6 Å². The summed E-state index contributed by atoms with van der Waals surface area (Å²) in [5, 5.41) is 14.4. The SMILES string of the molecule is CC(=O)Nc1cccc(C(=O)Nc2ccc(C#N)c(Cl)c2)c1. The Kier molecular flexibility index (Phi) is 4.77. The number of nitrogens with one attached hydrogen (secondary N) is 2. The van der Waals surface area contributed by atoms with Crippen molar-refractivity contribution in [3.63, 3.8) is 0 Å². The second-order valence-corrected chi connectivity index (χ2v) is 4.93. The normalized spacial score (nSPS) is 9.68. The number of hydrogen-bond donors (Lipinski definition) is 2. The Hall–Kier alpha value is -2.84. The highest BCUT2D eigenvalue weighted by atomic mass is 35.5. The van der Waals surface area contributed by atoms with Gasteiger partial charge in [-0.1, -0.05) is 17.7 Å². The van der Waals surface area contributed by atoms with E-state index in [9.17, 15) is 9.59 Å². The van der Waals surface area contributed by atoms with Crippen molar-refractivity contribution in [3.8, 4) is 6.07 Å². The molecule has 2 aromatic carbocycles. The molecule has 2 aromatic rings. The van der Waals surface area contributed by atoms with Gasteiger partial charge in [0.25, 0.3) is 5.91 Å².